The van der Waals surface area contributed by atoms with Crippen LogP contribution >= 0.6 is 23.4 Å². The van der Waals surface area contributed by atoms with Crippen molar-refractivity contribution in [3.8, 4) is 11.5 Å². The van der Waals surface area contributed by atoms with Crippen LogP contribution in [0, 0.1) is 13.8 Å². The third-order valence-electron chi connectivity index (χ3n) is 3.51. The number of halogens is 1. The van der Waals surface area contributed by atoms with Gasteiger partial charge < -0.3 is 14.8 Å². The summed E-state index contributed by atoms with van der Waals surface area (Å²) in [6.07, 6.45) is 0. The summed E-state index contributed by atoms with van der Waals surface area (Å²) in [5.74, 6) is 2.40. The first-order valence-corrected chi connectivity index (χ1v) is 9.44. The van der Waals surface area contributed by atoms with E-state index in [0.717, 1.165) is 17.1 Å². The monoisotopic (exact) mass is 379 g/mol. The number of carbonyl (C=O) groups excluding carboxylic acids is 1. The van der Waals surface area contributed by atoms with E-state index in [-0.39, 0.29) is 5.91 Å². The molecule has 25 heavy (non-hydrogen) atoms. The molecular formula is C19H22ClNO3S. The zero-order chi connectivity index (χ0) is 18.2. The van der Waals surface area contributed by atoms with Crippen LogP contribution in [0.3, 0.4) is 0 Å². The average Bonchev–Trinajstić information content (AvgIpc) is 2.59. The number of hydrogen-bond acceptors (Lipinski definition) is 4. The molecule has 4 nitrogen and oxygen atoms in total. The van der Waals surface area contributed by atoms with Crippen molar-refractivity contribution >= 4 is 35.0 Å². The lowest BCUT2D eigenvalue weighted by Gasteiger charge is -2.12. The summed E-state index contributed by atoms with van der Waals surface area (Å²) >= 11 is 7.59. The first-order chi connectivity index (χ1) is 12.0. The van der Waals surface area contributed by atoms with E-state index in [1.165, 1.54) is 17.3 Å². The minimum atomic E-state index is -0.0830. The van der Waals surface area contributed by atoms with E-state index in [9.17, 15) is 4.79 Å². The molecule has 2 aromatic rings. The second-order valence-corrected chi connectivity index (χ2v) is 7.08. The average molecular weight is 380 g/mol. The summed E-state index contributed by atoms with van der Waals surface area (Å²) in [5.41, 5.74) is 2.72. The summed E-state index contributed by atoms with van der Waals surface area (Å²) < 4.78 is 10.9. The Morgan fingerprint density at radius 3 is 2.60 bits per heavy atom. The predicted octanol–water partition coefficient (Wildman–Crippen LogP) is 4.72. The van der Waals surface area contributed by atoms with Crippen molar-refractivity contribution < 1.29 is 14.3 Å². The summed E-state index contributed by atoms with van der Waals surface area (Å²) in [7, 11) is 1.55. The topological polar surface area (TPSA) is 47.6 Å². The van der Waals surface area contributed by atoms with Crippen LogP contribution in [-0.4, -0.2) is 31.1 Å². The molecule has 0 spiro atoms. The van der Waals surface area contributed by atoms with Crippen LogP contribution in [0.4, 0.5) is 5.69 Å². The maximum atomic E-state index is 12.1. The number of thioether (sulfide) groups is 1. The number of benzene rings is 2. The Bertz CT molecular complexity index is 719. The minimum absolute atomic E-state index is 0.0830. The number of methoxy groups -OCH3 is 1. The Balaban J connectivity index is 1.74. The van der Waals surface area contributed by atoms with Gasteiger partial charge in [-0.15, -0.1) is 11.8 Å². The number of rotatable bonds is 8. The van der Waals surface area contributed by atoms with Gasteiger partial charge >= 0.3 is 0 Å². The number of aryl methyl sites for hydroxylation is 2. The van der Waals surface area contributed by atoms with Gasteiger partial charge in [-0.3, -0.25) is 4.79 Å². The van der Waals surface area contributed by atoms with Crippen LogP contribution in [0.1, 0.15) is 11.1 Å². The van der Waals surface area contributed by atoms with Crippen molar-refractivity contribution in [3.05, 3.63) is 52.5 Å². The lowest BCUT2D eigenvalue weighted by Crippen LogP contribution is -2.16. The number of carbonyl (C=O) groups is 1. The Morgan fingerprint density at radius 2 is 1.92 bits per heavy atom. The number of amides is 1. The highest BCUT2D eigenvalue weighted by atomic mass is 35.5. The second-order valence-electron chi connectivity index (χ2n) is 5.56. The molecule has 0 aromatic heterocycles. The van der Waals surface area contributed by atoms with Crippen LogP contribution < -0.4 is 14.8 Å². The lowest BCUT2D eigenvalue weighted by molar-refractivity contribution is -0.113. The van der Waals surface area contributed by atoms with Crippen molar-refractivity contribution in [2.24, 2.45) is 0 Å². The Hall–Kier alpha value is -1.85. The number of anilines is 1. The third-order valence-corrected chi connectivity index (χ3v) is 4.83. The van der Waals surface area contributed by atoms with Crippen LogP contribution in [0.25, 0.3) is 0 Å². The van der Waals surface area contributed by atoms with Gasteiger partial charge in [0.25, 0.3) is 0 Å². The molecule has 0 saturated carbocycles. The molecule has 0 aliphatic rings. The maximum Gasteiger partial charge on any atom is 0.234 e. The molecule has 0 fully saturated rings. The van der Waals surface area contributed by atoms with E-state index in [0.29, 0.717) is 28.8 Å². The molecule has 0 unspecified atom stereocenters. The number of ether oxygens (including phenoxy) is 2. The normalized spacial score (nSPS) is 10.4. The molecule has 6 heteroatoms. The van der Waals surface area contributed by atoms with Crippen molar-refractivity contribution in [1.82, 2.24) is 0 Å². The second kappa shape index (κ2) is 9.59. The predicted molar refractivity (Wildman–Crippen MR) is 105 cm³/mol. The van der Waals surface area contributed by atoms with Crippen LogP contribution in [0.15, 0.2) is 36.4 Å². The SMILES string of the molecule is COc1cc(Cl)c(C)cc1NC(=O)CSCCOc1ccc(C)cc1. The van der Waals surface area contributed by atoms with E-state index >= 15 is 0 Å². The number of nitrogens with one attached hydrogen (secondary N) is 1. The summed E-state index contributed by atoms with van der Waals surface area (Å²) in [6.45, 7) is 4.48. The Kier molecular flexibility index (Phi) is 7.47. The molecule has 2 aromatic carbocycles. The highest BCUT2D eigenvalue weighted by Crippen LogP contribution is 2.31. The molecule has 1 amide bonds. The fourth-order valence-corrected chi connectivity index (χ4v) is 2.89. The van der Waals surface area contributed by atoms with Gasteiger partial charge in [-0.1, -0.05) is 29.3 Å². The van der Waals surface area contributed by atoms with Gasteiger partial charge in [-0.2, -0.15) is 0 Å². The van der Waals surface area contributed by atoms with Crippen molar-refractivity contribution in [2.45, 2.75) is 13.8 Å². The van der Waals surface area contributed by atoms with Crippen molar-refractivity contribution in [3.63, 3.8) is 0 Å². The molecule has 134 valence electrons. The fourth-order valence-electron chi connectivity index (χ4n) is 2.13. The fraction of sp³-hybridized carbons (Fsp3) is 0.316. The van der Waals surface area contributed by atoms with Crippen molar-refractivity contribution in [1.29, 1.82) is 0 Å². The largest absolute Gasteiger partial charge is 0.495 e. The zero-order valence-electron chi connectivity index (χ0n) is 14.6. The van der Waals surface area contributed by atoms with Crippen molar-refractivity contribution in [2.75, 3.05) is 30.5 Å². The summed E-state index contributed by atoms with van der Waals surface area (Å²) in [5, 5.41) is 3.47. The molecular weight excluding hydrogens is 358 g/mol. The summed E-state index contributed by atoms with van der Waals surface area (Å²) in [4.78, 5) is 12.1. The van der Waals surface area contributed by atoms with E-state index < -0.39 is 0 Å². The highest BCUT2D eigenvalue weighted by Gasteiger charge is 2.10. The molecule has 0 radical (unpaired) electrons. The van der Waals surface area contributed by atoms with E-state index in [2.05, 4.69) is 5.32 Å². The van der Waals surface area contributed by atoms with Gasteiger partial charge in [-0.25, -0.2) is 0 Å². The standard InChI is InChI=1S/C19H22ClNO3S/c1-13-4-6-15(7-5-13)24-8-9-25-12-19(22)21-17-10-14(2)16(20)11-18(17)23-3/h4-7,10-11H,8-9,12H2,1-3H3,(H,21,22). The van der Waals surface area contributed by atoms with Gasteiger partial charge in [0.2, 0.25) is 5.91 Å². The van der Waals surface area contributed by atoms with Gasteiger partial charge in [0, 0.05) is 16.8 Å². The van der Waals surface area contributed by atoms with E-state index in [1.807, 2.05) is 44.2 Å². The molecule has 0 aliphatic heterocycles. The number of hydrogen-bond donors (Lipinski definition) is 1. The molecule has 2 rings (SSSR count). The van der Waals surface area contributed by atoms with Gasteiger partial charge in [-0.05, 0) is 37.6 Å². The van der Waals surface area contributed by atoms with E-state index in [1.54, 1.807) is 13.2 Å². The minimum Gasteiger partial charge on any atom is -0.495 e. The Morgan fingerprint density at radius 1 is 1.20 bits per heavy atom. The molecule has 0 saturated heterocycles. The first-order valence-electron chi connectivity index (χ1n) is 7.91. The molecule has 0 aliphatic carbocycles. The van der Waals surface area contributed by atoms with Gasteiger partial charge in [0.05, 0.1) is 25.2 Å². The van der Waals surface area contributed by atoms with E-state index in [4.69, 9.17) is 21.1 Å². The quantitative estimate of drug-likeness (QED) is 0.674. The first kappa shape index (κ1) is 19.5. The van der Waals surface area contributed by atoms with Gasteiger partial charge in [0.15, 0.2) is 0 Å². The maximum absolute atomic E-state index is 12.1. The van der Waals surface area contributed by atoms with Gasteiger partial charge in [0.1, 0.15) is 11.5 Å². The Labute approximate surface area is 157 Å². The smallest absolute Gasteiger partial charge is 0.234 e. The molecule has 0 bridgehead atoms. The zero-order valence-corrected chi connectivity index (χ0v) is 16.2. The van der Waals surface area contributed by atoms with Crippen LogP contribution in [0.2, 0.25) is 5.02 Å². The van der Waals surface area contributed by atoms with Crippen LogP contribution in [-0.2, 0) is 4.79 Å². The highest BCUT2D eigenvalue weighted by molar-refractivity contribution is 7.99. The lowest BCUT2D eigenvalue weighted by atomic mass is 10.2. The third kappa shape index (κ3) is 6.18. The molecule has 1 N–H and O–H groups in total. The van der Waals surface area contributed by atoms with Crippen LogP contribution in [0.5, 0.6) is 11.5 Å². The summed E-state index contributed by atoms with van der Waals surface area (Å²) in [6, 6.07) is 11.4. The molecule has 0 atom stereocenters. The molecule has 0 heterocycles.